The molecule has 0 spiro atoms. The van der Waals surface area contributed by atoms with E-state index in [1.165, 1.54) is 58.2 Å². The van der Waals surface area contributed by atoms with Gasteiger partial charge in [-0.3, -0.25) is 9.80 Å². The zero-order valence-electron chi connectivity index (χ0n) is 14.6. The lowest BCUT2D eigenvalue weighted by Crippen LogP contribution is -2.64. The highest BCUT2D eigenvalue weighted by Gasteiger charge is 2.62. The van der Waals surface area contributed by atoms with Crippen LogP contribution in [0, 0.1) is 16.7 Å². The molecule has 0 amide bonds. The van der Waals surface area contributed by atoms with Gasteiger partial charge in [0.1, 0.15) is 0 Å². The van der Waals surface area contributed by atoms with Crippen LogP contribution in [0.15, 0.2) is 0 Å². The molecule has 2 aliphatic carbocycles. The van der Waals surface area contributed by atoms with Gasteiger partial charge in [0, 0.05) is 31.2 Å². The molecule has 120 valence electrons. The normalized spacial score (nSPS) is 49.7. The number of rotatable bonds is 2. The number of hydrogen-bond acceptors (Lipinski definition) is 2. The van der Waals surface area contributed by atoms with Gasteiger partial charge >= 0.3 is 0 Å². The first kappa shape index (κ1) is 14.5. The molecule has 21 heavy (non-hydrogen) atoms. The molecule has 0 aromatic heterocycles. The van der Waals surface area contributed by atoms with E-state index in [2.05, 4.69) is 37.5 Å². The van der Waals surface area contributed by atoms with Crippen LogP contribution in [-0.2, 0) is 0 Å². The summed E-state index contributed by atoms with van der Waals surface area (Å²) >= 11 is 0. The minimum absolute atomic E-state index is 0.529. The second-order valence-electron chi connectivity index (χ2n) is 9.37. The maximum atomic E-state index is 3.01. The Labute approximate surface area is 131 Å². The van der Waals surface area contributed by atoms with Gasteiger partial charge < -0.3 is 0 Å². The van der Waals surface area contributed by atoms with Crippen LogP contribution in [0.2, 0.25) is 0 Å². The monoisotopic (exact) mass is 290 g/mol. The maximum absolute atomic E-state index is 3.01. The van der Waals surface area contributed by atoms with Gasteiger partial charge in [0.15, 0.2) is 0 Å². The van der Waals surface area contributed by atoms with Gasteiger partial charge in [-0.2, -0.15) is 0 Å². The molecule has 4 fully saturated rings. The largest absolute Gasteiger partial charge is 0.298 e. The Morgan fingerprint density at radius 1 is 1.10 bits per heavy atom. The zero-order chi connectivity index (χ0) is 14.8. The van der Waals surface area contributed by atoms with E-state index in [4.69, 9.17) is 0 Å². The number of fused-ring (bicyclic) bond motifs is 3. The molecule has 0 radical (unpaired) electrons. The molecule has 2 heterocycles. The molecule has 4 rings (SSSR count). The lowest BCUT2D eigenvalue weighted by molar-refractivity contribution is -0.0651. The molecule has 2 heteroatoms. The second kappa shape index (κ2) is 4.71. The molecule has 4 aliphatic rings. The molecule has 2 saturated heterocycles. The fourth-order valence-electron chi connectivity index (χ4n) is 6.89. The van der Waals surface area contributed by atoms with Crippen molar-refractivity contribution >= 4 is 0 Å². The highest BCUT2D eigenvalue weighted by Crippen LogP contribution is 2.64. The molecule has 5 atom stereocenters. The van der Waals surface area contributed by atoms with E-state index in [-0.39, 0.29) is 0 Å². The fraction of sp³-hybridized carbons (Fsp3) is 1.00. The third kappa shape index (κ3) is 1.97. The Balaban J connectivity index is 1.64. The summed E-state index contributed by atoms with van der Waals surface area (Å²) in [4.78, 5) is 5.80. The van der Waals surface area contributed by atoms with Crippen molar-refractivity contribution in [3.8, 4) is 0 Å². The number of piperazine rings is 1. The van der Waals surface area contributed by atoms with Crippen LogP contribution in [0.1, 0.15) is 66.2 Å². The Bertz CT molecular complexity index is 413. The van der Waals surface area contributed by atoms with Gasteiger partial charge in [-0.1, -0.05) is 27.7 Å². The average Bonchev–Trinajstić information content (AvgIpc) is 3.07. The van der Waals surface area contributed by atoms with E-state index in [1.807, 2.05) is 0 Å². The number of hydrogen-bond donors (Lipinski definition) is 0. The Kier molecular flexibility index (Phi) is 3.25. The fourth-order valence-corrected chi connectivity index (χ4v) is 6.89. The van der Waals surface area contributed by atoms with Gasteiger partial charge in [-0.15, -0.1) is 0 Å². The van der Waals surface area contributed by atoms with Crippen LogP contribution in [0.3, 0.4) is 0 Å². The van der Waals surface area contributed by atoms with E-state index >= 15 is 0 Å². The summed E-state index contributed by atoms with van der Waals surface area (Å²) < 4.78 is 0. The van der Waals surface area contributed by atoms with Crippen molar-refractivity contribution in [1.29, 1.82) is 0 Å². The highest BCUT2D eigenvalue weighted by molar-refractivity contribution is 5.14. The molecular weight excluding hydrogens is 256 g/mol. The summed E-state index contributed by atoms with van der Waals surface area (Å²) in [5.41, 5.74) is 1.13. The number of nitrogens with zero attached hydrogens (tertiary/aromatic N) is 2. The van der Waals surface area contributed by atoms with Crippen molar-refractivity contribution < 1.29 is 0 Å². The van der Waals surface area contributed by atoms with Crippen LogP contribution in [0.4, 0.5) is 0 Å². The summed E-state index contributed by atoms with van der Waals surface area (Å²) in [5.74, 6) is 0.978. The van der Waals surface area contributed by atoms with Crippen molar-refractivity contribution in [2.45, 2.75) is 84.3 Å². The van der Waals surface area contributed by atoms with Crippen LogP contribution in [0.5, 0.6) is 0 Å². The van der Waals surface area contributed by atoms with Crippen LogP contribution >= 0.6 is 0 Å². The third-order valence-corrected chi connectivity index (χ3v) is 7.83. The van der Waals surface area contributed by atoms with Gasteiger partial charge in [-0.05, 0) is 61.8 Å². The lowest BCUT2D eigenvalue weighted by Gasteiger charge is -2.55. The molecule has 0 aromatic rings. The van der Waals surface area contributed by atoms with Crippen molar-refractivity contribution in [2.75, 3.05) is 19.6 Å². The van der Waals surface area contributed by atoms with Gasteiger partial charge in [-0.25, -0.2) is 0 Å². The predicted octanol–water partition coefficient (Wildman–Crippen LogP) is 3.76. The molecule has 5 unspecified atom stereocenters. The summed E-state index contributed by atoms with van der Waals surface area (Å²) in [6.07, 6.45) is 8.67. The van der Waals surface area contributed by atoms with E-state index in [1.54, 1.807) is 0 Å². The molecule has 2 aliphatic heterocycles. The smallest absolute Gasteiger partial charge is 0.0224 e. The van der Waals surface area contributed by atoms with Crippen molar-refractivity contribution in [3.05, 3.63) is 0 Å². The quantitative estimate of drug-likeness (QED) is 0.764. The highest BCUT2D eigenvalue weighted by atomic mass is 15.3. The molecular formula is C19H34N2. The standard InChI is InChI=1S/C19H34N2/c1-5-15-12-20-10-6-7-16(20)13-21(15)17-18(2,3)14-8-9-19(17,4)11-14/h14-17H,5-13H2,1-4H3. The van der Waals surface area contributed by atoms with E-state index in [0.29, 0.717) is 10.8 Å². The van der Waals surface area contributed by atoms with Gasteiger partial charge in [0.25, 0.3) is 0 Å². The molecule has 2 saturated carbocycles. The first-order valence-electron chi connectivity index (χ1n) is 9.45. The maximum Gasteiger partial charge on any atom is 0.0224 e. The van der Waals surface area contributed by atoms with Crippen LogP contribution in [0.25, 0.3) is 0 Å². The zero-order valence-corrected chi connectivity index (χ0v) is 14.6. The third-order valence-electron chi connectivity index (χ3n) is 7.83. The molecule has 0 N–H and O–H groups in total. The summed E-state index contributed by atoms with van der Waals surface area (Å²) in [6, 6.07) is 2.50. The first-order valence-corrected chi connectivity index (χ1v) is 9.45. The van der Waals surface area contributed by atoms with Gasteiger partial charge in [0.05, 0.1) is 0 Å². The van der Waals surface area contributed by atoms with Crippen LogP contribution in [-0.4, -0.2) is 47.6 Å². The van der Waals surface area contributed by atoms with E-state index < -0.39 is 0 Å². The van der Waals surface area contributed by atoms with E-state index in [0.717, 1.165) is 24.0 Å². The Hall–Kier alpha value is -0.0800. The van der Waals surface area contributed by atoms with E-state index in [9.17, 15) is 0 Å². The first-order chi connectivity index (χ1) is 9.95. The summed E-state index contributed by atoms with van der Waals surface area (Å²) in [6.45, 7) is 14.3. The topological polar surface area (TPSA) is 6.48 Å². The SMILES string of the molecule is CCC1CN2CCCC2CN1C1C2(C)CCC(C2)C1(C)C. The minimum Gasteiger partial charge on any atom is -0.298 e. The molecule has 2 nitrogen and oxygen atoms in total. The Morgan fingerprint density at radius 2 is 1.90 bits per heavy atom. The summed E-state index contributed by atoms with van der Waals surface area (Å²) in [7, 11) is 0. The summed E-state index contributed by atoms with van der Waals surface area (Å²) in [5, 5.41) is 0. The average molecular weight is 290 g/mol. The van der Waals surface area contributed by atoms with Crippen molar-refractivity contribution in [2.24, 2.45) is 16.7 Å². The van der Waals surface area contributed by atoms with Crippen LogP contribution < -0.4 is 0 Å². The van der Waals surface area contributed by atoms with Crippen molar-refractivity contribution in [3.63, 3.8) is 0 Å². The molecule has 2 bridgehead atoms. The Morgan fingerprint density at radius 3 is 2.57 bits per heavy atom. The minimum atomic E-state index is 0.529. The predicted molar refractivity (Wildman–Crippen MR) is 88.4 cm³/mol. The van der Waals surface area contributed by atoms with Gasteiger partial charge in [0.2, 0.25) is 0 Å². The lowest BCUT2D eigenvalue weighted by atomic mass is 9.67. The molecule has 0 aromatic carbocycles. The second-order valence-corrected chi connectivity index (χ2v) is 9.37. The van der Waals surface area contributed by atoms with Crippen molar-refractivity contribution in [1.82, 2.24) is 9.80 Å².